The molecule has 0 bridgehead atoms. The number of fused-ring (bicyclic) bond motifs is 1. The molecule has 1 fully saturated rings. The van der Waals surface area contributed by atoms with Crippen LogP contribution in [0.25, 0.3) is 0 Å². The average Bonchev–Trinajstić information content (AvgIpc) is 3.50. The Morgan fingerprint density at radius 1 is 1.07 bits per heavy atom. The van der Waals surface area contributed by atoms with E-state index in [1.807, 2.05) is 23.1 Å². The van der Waals surface area contributed by atoms with Crippen LogP contribution in [0.3, 0.4) is 0 Å². The lowest BCUT2D eigenvalue weighted by atomic mass is 9.91. The summed E-state index contributed by atoms with van der Waals surface area (Å²) in [6, 6.07) is 11.8. The Morgan fingerprint density at radius 2 is 1.75 bits per heavy atom. The highest BCUT2D eigenvalue weighted by Gasteiger charge is 2.41. The van der Waals surface area contributed by atoms with Crippen LogP contribution in [0.1, 0.15) is 52.3 Å². The van der Waals surface area contributed by atoms with Crippen molar-refractivity contribution in [3.8, 4) is 0 Å². The molecule has 0 spiro atoms. The summed E-state index contributed by atoms with van der Waals surface area (Å²) < 4.78 is 0. The van der Waals surface area contributed by atoms with Crippen LogP contribution < -0.4 is 5.32 Å². The normalized spacial score (nSPS) is 18.5. The van der Waals surface area contributed by atoms with Crippen molar-refractivity contribution in [3.63, 3.8) is 0 Å². The van der Waals surface area contributed by atoms with Gasteiger partial charge in [0, 0.05) is 19.0 Å². The molecular formula is C24H28N2O2. The molecule has 1 saturated carbocycles. The van der Waals surface area contributed by atoms with E-state index in [1.165, 1.54) is 22.3 Å². The van der Waals surface area contributed by atoms with Gasteiger partial charge in [-0.1, -0.05) is 42.0 Å². The van der Waals surface area contributed by atoms with Crippen molar-refractivity contribution in [3.05, 3.63) is 69.8 Å². The van der Waals surface area contributed by atoms with Crippen LogP contribution in [0.15, 0.2) is 36.4 Å². The summed E-state index contributed by atoms with van der Waals surface area (Å²) in [7, 11) is 0. The van der Waals surface area contributed by atoms with Gasteiger partial charge in [0.15, 0.2) is 0 Å². The first kappa shape index (κ1) is 18.7. The number of aryl methyl sites for hydroxylation is 3. The maximum absolute atomic E-state index is 13.3. The van der Waals surface area contributed by atoms with Crippen LogP contribution >= 0.6 is 0 Å². The Bertz CT molecular complexity index is 907. The Balaban J connectivity index is 1.59. The highest BCUT2D eigenvalue weighted by Crippen LogP contribution is 2.37. The average molecular weight is 377 g/mol. The van der Waals surface area contributed by atoms with E-state index in [4.69, 9.17) is 0 Å². The van der Waals surface area contributed by atoms with Gasteiger partial charge in [0.2, 0.25) is 11.8 Å². The number of hydrogen-bond donors (Lipinski definition) is 1. The van der Waals surface area contributed by atoms with E-state index in [-0.39, 0.29) is 17.7 Å². The van der Waals surface area contributed by atoms with E-state index in [0.29, 0.717) is 13.1 Å². The van der Waals surface area contributed by atoms with Crippen molar-refractivity contribution in [2.75, 3.05) is 6.54 Å². The summed E-state index contributed by atoms with van der Waals surface area (Å²) in [5, 5.41) is 3.12. The monoisotopic (exact) mass is 376 g/mol. The van der Waals surface area contributed by atoms with E-state index in [0.717, 1.165) is 30.4 Å². The molecule has 2 amide bonds. The number of rotatable bonds is 4. The quantitative estimate of drug-likeness (QED) is 0.883. The molecule has 146 valence electrons. The molecule has 1 heterocycles. The van der Waals surface area contributed by atoms with Gasteiger partial charge in [0.1, 0.15) is 6.04 Å². The molecule has 4 nitrogen and oxygen atoms in total. The maximum atomic E-state index is 13.3. The number of amides is 2. The third kappa shape index (κ3) is 3.56. The van der Waals surface area contributed by atoms with Crippen molar-refractivity contribution < 1.29 is 9.59 Å². The molecule has 28 heavy (non-hydrogen) atoms. The van der Waals surface area contributed by atoms with Crippen LogP contribution in [0.4, 0.5) is 0 Å². The predicted octanol–water partition coefficient (Wildman–Crippen LogP) is 3.76. The lowest BCUT2D eigenvalue weighted by Crippen LogP contribution is -2.47. The molecule has 4 rings (SSSR count). The van der Waals surface area contributed by atoms with Crippen molar-refractivity contribution in [1.29, 1.82) is 0 Å². The molecule has 0 saturated heterocycles. The van der Waals surface area contributed by atoms with Crippen LogP contribution in [0.5, 0.6) is 0 Å². The summed E-state index contributed by atoms with van der Waals surface area (Å²) >= 11 is 0. The first-order valence-electron chi connectivity index (χ1n) is 10.2. The molecule has 2 aromatic carbocycles. The zero-order chi connectivity index (χ0) is 19.8. The molecule has 1 aliphatic carbocycles. The van der Waals surface area contributed by atoms with Crippen LogP contribution in [-0.4, -0.2) is 23.3 Å². The summed E-state index contributed by atoms with van der Waals surface area (Å²) in [4.78, 5) is 27.9. The minimum absolute atomic E-state index is 0.0828. The van der Waals surface area contributed by atoms with Crippen molar-refractivity contribution in [1.82, 2.24) is 10.2 Å². The lowest BCUT2D eigenvalue weighted by Gasteiger charge is -2.36. The third-order valence-electron chi connectivity index (χ3n) is 6.02. The molecule has 0 aromatic heterocycles. The summed E-state index contributed by atoms with van der Waals surface area (Å²) in [5.41, 5.74) is 6.90. The topological polar surface area (TPSA) is 49.4 Å². The molecule has 0 radical (unpaired) electrons. The van der Waals surface area contributed by atoms with Gasteiger partial charge in [0.25, 0.3) is 0 Å². The highest BCUT2D eigenvalue weighted by molar-refractivity contribution is 5.91. The fourth-order valence-corrected chi connectivity index (χ4v) is 4.41. The second-order valence-electron chi connectivity index (χ2n) is 8.25. The van der Waals surface area contributed by atoms with Gasteiger partial charge in [-0.05, 0) is 67.9 Å². The fourth-order valence-electron chi connectivity index (χ4n) is 4.41. The van der Waals surface area contributed by atoms with Gasteiger partial charge >= 0.3 is 0 Å². The minimum Gasteiger partial charge on any atom is -0.350 e. The Hall–Kier alpha value is -2.62. The zero-order valence-corrected chi connectivity index (χ0v) is 16.9. The molecule has 1 aliphatic heterocycles. The first-order valence-corrected chi connectivity index (χ1v) is 10.2. The standard InChI is InChI=1S/C24H28N2O2/c1-15-12-16(2)21(17(3)13-15)14-25-23(27)22-20-7-5-4-6-18(20)10-11-26(22)24(28)19-8-9-19/h4-7,12-13,19,22H,8-11,14H2,1-3H3,(H,25,27)/t22-/m1/s1. The van der Waals surface area contributed by atoms with E-state index >= 15 is 0 Å². The van der Waals surface area contributed by atoms with Crippen molar-refractivity contribution >= 4 is 11.8 Å². The summed E-state index contributed by atoms with van der Waals surface area (Å²) in [6.45, 7) is 7.36. The second kappa shape index (κ2) is 7.42. The molecule has 2 aliphatic rings. The minimum atomic E-state index is -0.524. The SMILES string of the molecule is Cc1cc(C)c(CNC(=O)[C@H]2c3ccccc3CCN2C(=O)C2CC2)c(C)c1. The third-order valence-corrected chi connectivity index (χ3v) is 6.02. The smallest absolute Gasteiger partial charge is 0.247 e. The van der Waals surface area contributed by atoms with Gasteiger partial charge in [-0.2, -0.15) is 0 Å². The predicted molar refractivity (Wildman–Crippen MR) is 110 cm³/mol. The summed E-state index contributed by atoms with van der Waals surface area (Å²) in [6.07, 6.45) is 2.72. The van der Waals surface area contributed by atoms with Crippen molar-refractivity contribution in [2.24, 2.45) is 5.92 Å². The van der Waals surface area contributed by atoms with Gasteiger partial charge in [-0.25, -0.2) is 0 Å². The van der Waals surface area contributed by atoms with Crippen molar-refractivity contribution in [2.45, 2.75) is 52.6 Å². The summed E-state index contributed by atoms with van der Waals surface area (Å²) in [5.74, 6) is 0.167. The van der Waals surface area contributed by atoms with Crippen LogP contribution in [0, 0.1) is 26.7 Å². The van der Waals surface area contributed by atoms with Gasteiger partial charge < -0.3 is 10.2 Å². The van der Waals surface area contributed by atoms with E-state index in [1.54, 1.807) is 0 Å². The first-order chi connectivity index (χ1) is 13.5. The van der Waals surface area contributed by atoms with Gasteiger partial charge in [0.05, 0.1) is 0 Å². The van der Waals surface area contributed by atoms with Gasteiger partial charge in [-0.3, -0.25) is 9.59 Å². The number of hydrogen-bond acceptors (Lipinski definition) is 2. The van der Waals surface area contributed by atoms with E-state index in [9.17, 15) is 9.59 Å². The lowest BCUT2D eigenvalue weighted by molar-refractivity contribution is -0.142. The zero-order valence-electron chi connectivity index (χ0n) is 16.9. The largest absolute Gasteiger partial charge is 0.350 e. The van der Waals surface area contributed by atoms with Gasteiger partial charge in [-0.15, -0.1) is 0 Å². The van der Waals surface area contributed by atoms with E-state index in [2.05, 4.69) is 44.3 Å². The number of nitrogens with zero attached hydrogens (tertiary/aromatic N) is 1. The Labute approximate surface area is 166 Å². The fraction of sp³-hybridized carbons (Fsp3) is 0.417. The number of carbonyl (C=O) groups excluding carboxylic acids is 2. The van der Waals surface area contributed by atoms with Crippen LogP contribution in [-0.2, 0) is 22.6 Å². The highest BCUT2D eigenvalue weighted by atomic mass is 16.2. The molecule has 4 heteroatoms. The number of carbonyl (C=O) groups is 2. The number of benzene rings is 2. The molecule has 1 N–H and O–H groups in total. The maximum Gasteiger partial charge on any atom is 0.247 e. The molecular weight excluding hydrogens is 348 g/mol. The Kier molecular flexibility index (Phi) is 4.96. The Morgan fingerprint density at radius 3 is 2.43 bits per heavy atom. The molecule has 2 aromatic rings. The van der Waals surface area contributed by atoms with E-state index < -0.39 is 6.04 Å². The number of nitrogens with one attached hydrogen (secondary N) is 1. The second-order valence-corrected chi connectivity index (χ2v) is 8.25. The molecule has 0 unspecified atom stereocenters. The molecule has 1 atom stereocenters. The van der Waals surface area contributed by atoms with Crippen LogP contribution in [0.2, 0.25) is 0 Å².